The molecule has 0 bridgehead atoms. The molecular weight excluding hydrogens is 227 g/mol. The fourth-order valence-corrected chi connectivity index (χ4v) is 1.41. The Labute approximate surface area is 91.2 Å². The van der Waals surface area contributed by atoms with E-state index in [1.54, 1.807) is 6.92 Å². The molecule has 5 heteroatoms. The second-order valence-corrected chi connectivity index (χ2v) is 3.32. The molecule has 0 spiro atoms. The Morgan fingerprint density at radius 3 is 2.57 bits per heavy atom. The van der Waals surface area contributed by atoms with Crippen LogP contribution in [0.1, 0.15) is 17.3 Å². The standard InChI is InChI=1S/C9H8Cl2O3/c1-2-14-8-4-6(10)5(9(12)13)3-7(8)11/h3-4H,2H2,1H3,(H,12,13). The summed E-state index contributed by atoms with van der Waals surface area (Å²) in [5.74, 6) is -0.718. The molecule has 0 unspecified atom stereocenters. The van der Waals surface area contributed by atoms with E-state index in [1.807, 2.05) is 0 Å². The van der Waals surface area contributed by atoms with E-state index in [9.17, 15) is 4.79 Å². The number of rotatable bonds is 3. The van der Waals surface area contributed by atoms with E-state index in [4.69, 9.17) is 33.0 Å². The minimum absolute atomic E-state index is 0.0277. The Balaban J connectivity index is 3.17. The van der Waals surface area contributed by atoms with Gasteiger partial charge in [0.05, 0.1) is 22.2 Å². The molecule has 14 heavy (non-hydrogen) atoms. The smallest absolute Gasteiger partial charge is 0.337 e. The number of carboxylic acid groups (broad SMARTS) is 1. The zero-order valence-corrected chi connectivity index (χ0v) is 8.89. The van der Waals surface area contributed by atoms with Crippen LogP contribution in [-0.4, -0.2) is 17.7 Å². The highest BCUT2D eigenvalue weighted by Crippen LogP contribution is 2.31. The van der Waals surface area contributed by atoms with Gasteiger partial charge >= 0.3 is 5.97 Å². The number of benzene rings is 1. The van der Waals surface area contributed by atoms with Gasteiger partial charge in [0.1, 0.15) is 5.75 Å². The lowest BCUT2D eigenvalue weighted by Crippen LogP contribution is -1.99. The minimum atomic E-state index is -1.11. The lowest BCUT2D eigenvalue weighted by molar-refractivity contribution is 0.0697. The molecule has 76 valence electrons. The highest BCUT2D eigenvalue weighted by atomic mass is 35.5. The first kappa shape index (κ1) is 11.1. The molecule has 3 nitrogen and oxygen atoms in total. The highest BCUT2D eigenvalue weighted by molar-refractivity contribution is 6.36. The summed E-state index contributed by atoms with van der Waals surface area (Å²) in [6.07, 6.45) is 0. The molecule has 0 aliphatic rings. The summed E-state index contributed by atoms with van der Waals surface area (Å²) in [7, 11) is 0. The van der Waals surface area contributed by atoms with Gasteiger partial charge in [0.2, 0.25) is 0 Å². The molecule has 0 saturated heterocycles. The maximum atomic E-state index is 10.7. The van der Waals surface area contributed by atoms with E-state index in [2.05, 4.69) is 0 Å². The number of carbonyl (C=O) groups is 1. The van der Waals surface area contributed by atoms with Crippen molar-refractivity contribution >= 4 is 29.2 Å². The summed E-state index contributed by atoms with van der Waals surface area (Å²) in [5, 5.41) is 9.09. The summed E-state index contributed by atoms with van der Waals surface area (Å²) in [5.41, 5.74) is -0.0277. The van der Waals surface area contributed by atoms with Crippen LogP contribution in [0.4, 0.5) is 0 Å². The van der Waals surface area contributed by atoms with Gasteiger partial charge in [0.15, 0.2) is 0 Å². The van der Waals surface area contributed by atoms with E-state index in [0.29, 0.717) is 12.4 Å². The SMILES string of the molecule is CCOc1cc(Cl)c(C(=O)O)cc1Cl. The number of ether oxygens (including phenoxy) is 1. The fourth-order valence-electron chi connectivity index (χ4n) is 0.959. The van der Waals surface area contributed by atoms with Crippen molar-refractivity contribution in [1.82, 2.24) is 0 Å². The van der Waals surface area contributed by atoms with Crippen LogP contribution < -0.4 is 4.74 Å². The van der Waals surface area contributed by atoms with Crippen molar-refractivity contribution in [1.29, 1.82) is 0 Å². The number of aromatic carboxylic acids is 1. The molecule has 0 amide bonds. The third kappa shape index (κ3) is 2.30. The molecule has 0 aliphatic carbocycles. The predicted molar refractivity (Wildman–Crippen MR) is 54.6 cm³/mol. The van der Waals surface area contributed by atoms with Gasteiger partial charge in [-0.1, -0.05) is 23.2 Å². The highest BCUT2D eigenvalue weighted by Gasteiger charge is 2.13. The molecule has 0 saturated carbocycles. The molecule has 0 atom stereocenters. The number of hydrogen-bond acceptors (Lipinski definition) is 2. The lowest BCUT2D eigenvalue weighted by atomic mass is 10.2. The first-order chi connectivity index (χ1) is 6.56. The van der Waals surface area contributed by atoms with Gasteiger partial charge in [-0.3, -0.25) is 0 Å². The van der Waals surface area contributed by atoms with Gasteiger partial charge in [-0.25, -0.2) is 4.79 Å². The second-order valence-electron chi connectivity index (χ2n) is 2.50. The Hall–Kier alpha value is -0.930. The summed E-state index contributed by atoms with van der Waals surface area (Å²) in [4.78, 5) is 10.7. The molecular formula is C9H8Cl2O3. The molecule has 1 rings (SSSR count). The molecule has 0 radical (unpaired) electrons. The van der Waals surface area contributed by atoms with Crippen molar-refractivity contribution in [2.75, 3.05) is 6.61 Å². The van der Waals surface area contributed by atoms with E-state index in [0.717, 1.165) is 0 Å². The Kier molecular flexibility index (Phi) is 3.61. The van der Waals surface area contributed by atoms with E-state index >= 15 is 0 Å². The van der Waals surface area contributed by atoms with Gasteiger partial charge in [0, 0.05) is 6.07 Å². The molecule has 0 heterocycles. The van der Waals surface area contributed by atoms with Crippen LogP contribution in [0.3, 0.4) is 0 Å². The van der Waals surface area contributed by atoms with Crippen molar-refractivity contribution in [3.8, 4) is 5.75 Å². The molecule has 0 fully saturated rings. The van der Waals surface area contributed by atoms with Crippen LogP contribution in [0.25, 0.3) is 0 Å². The summed E-state index contributed by atoms with van der Waals surface area (Å²) in [6.45, 7) is 2.25. The van der Waals surface area contributed by atoms with E-state index < -0.39 is 5.97 Å². The average Bonchev–Trinajstić information content (AvgIpc) is 2.10. The predicted octanol–water partition coefficient (Wildman–Crippen LogP) is 3.09. The summed E-state index contributed by atoms with van der Waals surface area (Å²) >= 11 is 11.5. The zero-order chi connectivity index (χ0) is 10.7. The lowest BCUT2D eigenvalue weighted by Gasteiger charge is -2.07. The van der Waals surface area contributed by atoms with Gasteiger partial charge in [-0.05, 0) is 13.0 Å². The first-order valence-electron chi connectivity index (χ1n) is 3.91. The van der Waals surface area contributed by atoms with Crippen LogP contribution in [0.2, 0.25) is 10.0 Å². The van der Waals surface area contributed by atoms with E-state index in [1.165, 1.54) is 12.1 Å². The molecule has 1 N–H and O–H groups in total. The average molecular weight is 235 g/mol. The number of carboxylic acids is 1. The van der Waals surface area contributed by atoms with Crippen LogP contribution in [0, 0.1) is 0 Å². The maximum absolute atomic E-state index is 10.7. The second kappa shape index (κ2) is 4.53. The minimum Gasteiger partial charge on any atom is -0.492 e. The van der Waals surface area contributed by atoms with Crippen LogP contribution in [0.5, 0.6) is 5.75 Å². The van der Waals surface area contributed by atoms with Crippen LogP contribution in [0.15, 0.2) is 12.1 Å². The first-order valence-corrected chi connectivity index (χ1v) is 4.67. The number of halogens is 2. The molecule has 1 aromatic rings. The van der Waals surface area contributed by atoms with Crippen molar-refractivity contribution in [2.24, 2.45) is 0 Å². The molecule has 0 aliphatic heterocycles. The largest absolute Gasteiger partial charge is 0.492 e. The zero-order valence-electron chi connectivity index (χ0n) is 7.38. The van der Waals surface area contributed by atoms with Crippen molar-refractivity contribution in [3.05, 3.63) is 27.7 Å². The third-order valence-electron chi connectivity index (χ3n) is 1.55. The quantitative estimate of drug-likeness (QED) is 0.875. The Bertz CT molecular complexity index is 363. The van der Waals surface area contributed by atoms with Gasteiger partial charge in [-0.2, -0.15) is 0 Å². The third-order valence-corrected chi connectivity index (χ3v) is 2.16. The van der Waals surface area contributed by atoms with Gasteiger partial charge in [-0.15, -0.1) is 0 Å². The summed E-state index contributed by atoms with van der Waals surface area (Å²) < 4.78 is 5.14. The monoisotopic (exact) mass is 234 g/mol. The molecule has 0 aromatic heterocycles. The van der Waals surface area contributed by atoms with Crippen molar-refractivity contribution < 1.29 is 14.6 Å². The van der Waals surface area contributed by atoms with Crippen LogP contribution >= 0.6 is 23.2 Å². The van der Waals surface area contributed by atoms with Gasteiger partial charge < -0.3 is 9.84 Å². The molecule has 1 aromatic carbocycles. The normalized spacial score (nSPS) is 9.93. The fraction of sp³-hybridized carbons (Fsp3) is 0.222. The Morgan fingerprint density at radius 1 is 1.43 bits per heavy atom. The van der Waals surface area contributed by atoms with Crippen molar-refractivity contribution in [3.63, 3.8) is 0 Å². The number of hydrogen-bond donors (Lipinski definition) is 1. The van der Waals surface area contributed by atoms with Crippen molar-refractivity contribution in [2.45, 2.75) is 6.92 Å². The Morgan fingerprint density at radius 2 is 2.07 bits per heavy atom. The maximum Gasteiger partial charge on any atom is 0.337 e. The topological polar surface area (TPSA) is 46.5 Å². The van der Waals surface area contributed by atoms with Gasteiger partial charge in [0.25, 0.3) is 0 Å². The summed E-state index contributed by atoms with van der Waals surface area (Å²) in [6, 6.07) is 2.67. The van der Waals surface area contributed by atoms with E-state index in [-0.39, 0.29) is 15.6 Å². The van der Waals surface area contributed by atoms with Crippen LogP contribution in [-0.2, 0) is 0 Å².